The Morgan fingerprint density at radius 3 is 2.60 bits per heavy atom. The molecule has 104 valence electrons. The fourth-order valence-electron chi connectivity index (χ4n) is 2.01. The van der Waals surface area contributed by atoms with Crippen LogP contribution in [-0.4, -0.2) is 9.97 Å². The molecule has 1 heterocycles. The zero-order chi connectivity index (χ0) is 14.1. The molecule has 0 bridgehead atoms. The molecule has 3 rings (SSSR count). The number of nitrogens with zero attached hydrogens (tertiary/aromatic N) is 2. The molecule has 0 amide bonds. The van der Waals surface area contributed by atoms with Crippen molar-refractivity contribution in [1.29, 1.82) is 0 Å². The van der Waals surface area contributed by atoms with Crippen molar-refractivity contribution in [2.75, 3.05) is 5.73 Å². The Labute approximate surface area is 131 Å². The lowest BCUT2D eigenvalue weighted by Crippen LogP contribution is -2.04. The molecule has 1 aliphatic carbocycles. The maximum atomic E-state index is 5.97. The number of benzene rings is 1. The second kappa shape index (κ2) is 5.74. The molecule has 2 aromatic rings. The van der Waals surface area contributed by atoms with Crippen LogP contribution in [0.2, 0.25) is 0 Å². The molecule has 1 saturated carbocycles. The molecule has 5 heteroatoms. The minimum Gasteiger partial charge on any atom is -0.383 e. The van der Waals surface area contributed by atoms with Crippen LogP contribution in [0.5, 0.6) is 0 Å². The van der Waals surface area contributed by atoms with Crippen LogP contribution in [0.25, 0.3) is 0 Å². The first-order valence-electron chi connectivity index (χ1n) is 6.64. The molecule has 1 aliphatic rings. The van der Waals surface area contributed by atoms with Crippen LogP contribution in [0.15, 0.2) is 33.6 Å². The van der Waals surface area contributed by atoms with E-state index in [9.17, 15) is 0 Å². The number of thioether (sulfide) groups is 1. The highest BCUT2D eigenvalue weighted by molar-refractivity contribution is 9.10. The number of aromatic nitrogens is 2. The SMILES string of the molecule is Cc1ccc(SCc2nc(N)c(Br)c(C3CC3)n2)cc1. The summed E-state index contributed by atoms with van der Waals surface area (Å²) in [6.07, 6.45) is 2.42. The predicted octanol–water partition coefficient (Wildman–Crippen LogP) is 4.30. The van der Waals surface area contributed by atoms with Gasteiger partial charge >= 0.3 is 0 Å². The summed E-state index contributed by atoms with van der Waals surface area (Å²) in [5.41, 5.74) is 8.32. The lowest BCUT2D eigenvalue weighted by molar-refractivity contribution is 0.926. The van der Waals surface area contributed by atoms with Gasteiger partial charge < -0.3 is 5.73 Å². The highest BCUT2D eigenvalue weighted by Gasteiger charge is 2.28. The van der Waals surface area contributed by atoms with Crippen LogP contribution >= 0.6 is 27.7 Å². The highest BCUT2D eigenvalue weighted by Crippen LogP contribution is 2.43. The van der Waals surface area contributed by atoms with Crippen LogP contribution < -0.4 is 5.73 Å². The molecule has 0 saturated heterocycles. The summed E-state index contributed by atoms with van der Waals surface area (Å²) in [4.78, 5) is 10.3. The first kappa shape index (κ1) is 13.9. The van der Waals surface area contributed by atoms with Gasteiger partial charge in [-0.2, -0.15) is 0 Å². The van der Waals surface area contributed by atoms with Crippen LogP contribution in [0.1, 0.15) is 35.8 Å². The fourth-order valence-corrected chi connectivity index (χ4v) is 3.26. The van der Waals surface area contributed by atoms with Crippen LogP contribution in [0, 0.1) is 6.92 Å². The first-order valence-corrected chi connectivity index (χ1v) is 8.42. The molecule has 1 aromatic heterocycles. The summed E-state index contributed by atoms with van der Waals surface area (Å²) in [5.74, 6) is 2.69. The van der Waals surface area contributed by atoms with Gasteiger partial charge in [-0.05, 0) is 47.8 Å². The van der Waals surface area contributed by atoms with Gasteiger partial charge in [-0.25, -0.2) is 9.97 Å². The third-order valence-corrected chi connectivity index (χ3v) is 5.12. The number of hydrogen-bond donors (Lipinski definition) is 1. The topological polar surface area (TPSA) is 51.8 Å². The normalized spacial score (nSPS) is 14.5. The lowest BCUT2D eigenvalue weighted by Gasteiger charge is -2.08. The zero-order valence-electron chi connectivity index (χ0n) is 11.3. The summed E-state index contributed by atoms with van der Waals surface area (Å²) in [7, 11) is 0. The standard InChI is InChI=1S/C15H16BrN3S/c1-9-2-6-11(7-3-9)20-8-12-18-14(10-4-5-10)13(16)15(17)19-12/h2-3,6-7,10H,4-5,8H2,1H3,(H2,17,18,19). The molecular weight excluding hydrogens is 334 g/mol. The van der Waals surface area contributed by atoms with E-state index in [4.69, 9.17) is 5.73 Å². The summed E-state index contributed by atoms with van der Waals surface area (Å²) in [5, 5.41) is 0. The van der Waals surface area contributed by atoms with E-state index in [2.05, 4.69) is 57.1 Å². The number of nitrogens with two attached hydrogens (primary N) is 1. The van der Waals surface area contributed by atoms with E-state index < -0.39 is 0 Å². The van der Waals surface area contributed by atoms with E-state index in [0.717, 1.165) is 21.7 Å². The van der Waals surface area contributed by atoms with Crippen molar-refractivity contribution in [3.05, 3.63) is 45.8 Å². The van der Waals surface area contributed by atoms with Crippen molar-refractivity contribution < 1.29 is 0 Å². The van der Waals surface area contributed by atoms with Crippen LogP contribution in [0.4, 0.5) is 5.82 Å². The minimum absolute atomic E-state index is 0.557. The van der Waals surface area contributed by atoms with Gasteiger partial charge in [-0.3, -0.25) is 0 Å². The monoisotopic (exact) mass is 349 g/mol. The van der Waals surface area contributed by atoms with Gasteiger partial charge in [0.15, 0.2) is 0 Å². The predicted molar refractivity (Wildman–Crippen MR) is 86.9 cm³/mol. The number of aryl methyl sites for hydroxylation is 1. The molecule has 3 nitrogen and oxygen atoms in total. The molecule has 1 aromatic carbocycles. The van der Waals surface area contributed by atoms with Gasteiger partial charge in [0.05, 0.1) is 15.9 Å². The second-order valence-electron chi connectivity index (χ2n) is 5.10. The number of anilines is 1. The van der Waals surface area contributed by atoms with E-state index in [1.54, 1.807) is 11.8 Å². The molecule has 0 atom stereocenters. The van der Waals surface area contributed by atoms with Crippen LogP contribution in [0.3, 0.4) is 0 Å². The van der Waals surface area contributed by atoms with E-state index in [1.165, 1.54) is 23.3 Å². The largest absolute Gasteiger partial charge is 0.383 e. The summed E-state index contributed by atoms with van der Waals surface area (Å²) in [6, 6.07) is 8.50. The van der Waals surface area contributed by atoms with Crippen molar-refractivity contribution >= 4 is 33.5 Å². The molecule has 0 unspecified atom stereocenters. The Kier molecular flexibility index (Phi) is 3.98. The molecule has 0 aliphatic heterocycles. The molecule has 0 spiro atoms. The van der Waals surface area contributed by atoms with E-state index in [0.29, 0.717) is 11.7 Å². The average Bonchev–Trinajstić information content (AvgIpc) is 3.26. The number of rotatable bonds is 4. The quantitative estimate of drug-likeness (QED) is 0.836. The second-order valence-corrected chi connectivity index (χ2v) is 6.94. The molecule has 0 radical (unpaired) electrons. The Bertz CT molecular complexity index is 624. The zero-order valence-corrected chi connectivity index (χ0v) is 13.7. The third-order valence-electron chi connectivity index (χ3n) is 3.30. The van der Waals surface area contributed by atoms with E-state index in [1.807, 2.05) is 0 Å². The molecule has 20 heavy (non-hydrogen) atoms. The Balaban J connectivity index is 1.75. The molecule has 1 fully saturated rings. The smallest absolute Gasteiger partial charge is 0.141 e. The first-order chi connectivity index (χ1) is 9.63. The van der Waals surface area contributed by atoms with Gasteiger partial charge in [0.25, 0.3) is 0 Å². The van der Waals surface area contributed by atoms with Crippen molar-refractivity contribution in [1.82, 2.24) is 9.97 Å². The average molecular weight is 350 g/mol. The summed E-state index contributed by atoms with van der Waals surface area (Å²) >= 11 is 5.24. The van der Waals surface area contributed by atoms with Crippen molar-refractivity contribution in [2.45, 2.75) is 36.3 Å². The number of hydrogen-bond acceptors (Lipinski definition) is 4. The van der Waals surface area contributed by atoms with Crippen molar-refractivity contribution in [2.24, 2.45) is 0 Å². The third kappa shape index (κ3) is 3.15. The number of halogens is 1. The molecular formula is C15H16BrN3S. The lowest BCUT2D eigenvalue weighted by atomic mass is 10.2. The maximum Gasteiger partial charge on any atom is 0.141 e. The van der Waals surface area contributed by atoms with Gasteiger partial charge in [-0.15, -0.1) is 11.8 Å². The van der Waals surface area contributed by atoms with Gasteiger partial charge in [-0.1, -0.05) is 17.7 Å². The van der Waals surface area contributed by atoms with E-state index >= 15 is 0 Å². The van der Waals surface area contributed by atoms with Gasteiger partial charge in [0.1, 0.15) is 11.6 Å². The Morgan fingerprint density at radius 1 is 1.25 bits per heavy atom. The Hall–Kier alpha value is -1.07. The number of nitrogen functional groups attached to an aromatic ring is 1. The summed E-state index contributed by atoms with van der Waals surface area (Å²) < 4.78 is 0.879. The van der Waals surface area contributed by atoms with Crippen molar-refractivity contribution in [3.63, 3.8) is 0 Å². The van der Waals surface area contributed by atoms with Crippen molar-refractivity contribution in [3.8, 4) is 0 Å². The fraction of sp³-hybridized carbons (Fsp3) is 0.333. The maximum absolute atomic E-state index is 5.97. The Morgan fingerprint density at radius 2 is 1.95 bits per heavy atom. The van der Waals surface area contributed by atoms with Gasteiger partial charge in [0, 0.05) is 10.8 Å². The summed E-state index contributed by atoms with van der Waals surface area (Å²) in [6.45, 7) is 2.09. The highest BCUT2D eigenvalue weighted by atomic mass is 79.9. The van der Waals surface area contributed by atoms with Gasteiger partial charge in [0.2, 0.25) is 0 Å². The van der Waals surface area contributed by atoms with E-state index in [-0.39, 0.29) is 0 Å². The molecule has 2 N–H and O–H groups in total. The van der Waals surface area contributed by atoms with Crippen LogP contribution in [-0.2, 0) is 5.75 Å². The minimum atomic E-state index is 0.557.